The molecule has 0 spiro atoms. The normalized spacial score (nSPS) is 16.3. The lowest BCUT2D eigenvalue weighted by molar-refractivity contribution is 0.393. The van der Waals surface area contributed by atoms with E-state index in [1.165, 1.54) is 0 Å². The molecule has 28 heavy (non-hydrogen) atoms. The summed E-state index contributed by atoms with van der Waals surface area (Å²) >= 11 is 0. The quantitative estimate of drug-likeness (QED) is 0.651. The average Bonchev–Trinajstić information content (AvgIpc) is 3.27. The van der Waals surface area contributed by atoms with Gasteiger partial charge in [0.2, 0.25) is 0 Å². The molecule has 2 aromatic heterocycles. The summed E-state index contributed by atoms with van der Waals surface area (Å²) in [7, 11) is -3.69. The molecule has 0 amide bonds. The van der Waals surface area contributed by atoms with Gasteiger partial charge in [-0.25, -0.2) is 8.42 Å². The third-order valence-corrected chi connectivity index (χ3v) is 7.54. The minimum absolute atomic E-state index is 0.161. The standard InChI is InChI=1S/C21H21N3O3S/c1-14-20(15(2)27-24-14)16-10-18-17(6-5-9-23-18)19(11-16)28(25,26)13-21(12-22)7-3-4-8-21/h5-6,9-11H,3-4,7-8,13H2,1-2H3. The second kappa shape index (κ2) is 6.71. The predicted octanol–water partition coefficient (Wildman–Crippen LogP) is 4.36. The Kier molecular flexibility index (Phi) is 4.47. The van der Waals surface area contributed by atoms with Gasteiger partial charge in [-0.3, -0.25) is 4.98 Å². The van der Waals surface area contributed by atoms with Crippen LogP contribution in [0.25, 0.3) is 22.0 Å². The van der Waals surface area contributed by atoms with Crippen molar-refractivity contribution in [1.82, 2.24) is 10.1 Å². The summed E-state index contributed by atoms with van der Waals surface area (Å²) in [6.07, 6.45) is 4.68. The molecule has 1 aliphatic carbocycles. The van der Waals surface area contributed by atoms with E-state index < -0.39 is 15.3 Å². The molecule has 2 heterocycles. The molecular weight excluding hydrogens is 374 g/mol. The summed E-state index contributed by atoms with van der Waals surface area (Å²) in [6.45, 7) is 3.63. The molecule has 0 unspecified atom stereocenters. The van der Waals surface area contributed by atoms with Crippen LogP contribution in [-0.4, -0.2) is 24.3 Å². The van der Waals surface area contributed by atoms with Gasteiger partial charge in [-0.2, -0.15) is 5.26 Å². The minimum atomic E-state index is -3.69. The zero-order valence-electron chi connectivity index (χ0n) is 15.9. The highest BCUT2D eigenvalue weighted by Crippen LogP contribution is 2.41. The summed E-state index contributed by atoms with van der Waals surface area (Å²) in [5.74, 6) is 0.464. The van der Waals surface area contributed by atoms with Crippen LogP contribution >= 0.6 is 0 Å². The molecule has 144 valence electrons. The Morgan fingerprint density at radius 3 is 2.64 bits per heavy atom. The molecule has 0 N–H and O–H groups in total. The maximum atomic E-state index is 13.4. The van der Waals surface area contributed by atoms with E-state index in [1.54, 1.807) is 31.3 Å². The molecular formula is C21H21N3O3S. The van der Waals surface area contributed by atoms with Crippen molar-refractivity contribution >= 4 is 20.7 Å². The first-order chi connectivity index (χ1) is 13.4. The van der Waals surface area contributed by atoms with Crippen LogP contribution in [-0.2, 0) is 9.84 Å². The van der Waals surface area contributed by atoms with E-state index in [-0.39, 0.29) is 10.6 Å². The lowest BCUT2D eigenvalue weighted by Gasteiger charge is -2.20. The van der Waals surface area contributed by atoms with Crippen molar-refractivity contribution in [2.75, 3.05) is 5.75 Å². The Balaban J connectivity index is 1.92. The first kappa shape index (κ1) is 18.6. The van der Waals surface area contributed by atoms with E-state index in [1.807, 2.05) is 13.0 Å². The average molecular weight is 395 g/mol. The second-order valence-corrected chi connectivity index (χ2v) is 9.56. The fourth-order valence-corrected chi connectivity index (χ4v) is 6.28. The van der Waals surface area contributed by atoms with Crippen LogP contribution in [0.4, 0.5) is 0 Å². The number of pyridine rings is 1. The summed E-state index contributed by atoms with van der Waals surface area (Å²) in [5, 5.41) is 14.2. The van der Waals surface area contributed by atoms with Gasteiger partial charge in [0.1, 0.15) is 5.76 Å². The number of nitriles is 1. The van der Waals surface area contributed by atoms with Crippen LogP contribution in [0.1, 0.15) is 37.1 Å². The van der Waals surface area contributed by atoms with Gasteiger partial charge < -0.3 is 4.52 Å². The number of hydrogen-bond acceptors (Lipinski definition) is 6. The van der Waals surface area contributed by atoms with Crippen LogP contribution < -0.4 is 0 Å². The highest BCUT2D eigenvalue weighted by atomic mass is 32.2. The predicted molar refractivity (Wildman–Crippen MR) is 105 cm³/mol. The minimum Gasteiger partial charge on any atom is -0.361 e. The van der Waals surface area contributed by atoms with Gasteiger partial charge in [-0.1, -0.05) is 18.0 Å². The smallest absolute Gasteiger partial charge is 0.180 e. The van der Waals surface area contributed by atoms with E-state index >= 15 is 0 Å². The van der Waals surface area contributed by atoms with Gasteiger partial charge in [0.25, 0.3) is 0 Å². The van der Waals surface area contributed by atoms with Crippen molar-refractivity contribution in [1.29, 1.82) is 5.26 Å². The number of aryl methyl sites for hydroxylation is 2. The third-order valence-electron chi connectivity index (χ3n) is 5.60. The van der Waals surface area contributed by atoms with E-state index in [4.69, 9.17) is 4.52 Å². The van der Waals surface area contributed by atoms with Crippen molar-refractivity contribution in [3.63, 3.8) is 0 Å². The second-order valence-electron chi connectivity index (χ2n) is 7.60. The first-order valence-corrected chi connectivity index (χ1v) is 11.0. The molecule has 7 heteroatoms. The molecule has 4 rings (SSSR count). The first-order valence-electron chi connectivity index (χ1n) is 9.31. The van der Waals surface area contributed by atoms with E-state index in [9.17, 15) is 13.7 Å². The van der Waals surface area contributed by atoms with Crippen molar-refractivity contribution < 1.29 is 12.9 Å². The topological polar surface area (TPSA) is 96.9 Å². The number of rotatable bonds is 4. The van der Waals surface area contributed by atoms with E-state index in [2.05, 4.69) is 16.2 Å². The summed E-state index contributed by atoms with van der Waals surface area (Å²) in [5.41, 5.74) is 1.97. The monoisotopic (exact) mass is 395 g/mol. The molecule has 0 bridgehead atoms. The number of benzene rings is 1. The fourth-order valence-electron chi connectivity index (χ4n) is 4.23. The Morgan fingerprint density at radius 2 is 2.00 bits per heavy atom. The third kappa shape index (κ3) is 3.08. The highest BCUT2D eigenvalue weighted by molar-refractivity contribution is 7.91. The molecule has 6 nitrogen and oxygen atoms in total. The van der Waals surface area contributed by atoms with Crippen LogP contribution in [0.3, 0.4) is 0 Å². The summed E-state index contributed by atoms with van der Waals surface area (Å²) < 4.78 is 32.1. The van der Waals surface area contributed by atoms with Crippen LogP contribution in [0, 0.1) is 30.6 Å². The Labute approximate surface area is 164 Å². The van der Waals surface area contributed by atoms with Gasteiger partial charge >= 0.3 is 0 Å². The molecule has 1 aromatic carbocycles. The van der Waals surface area contributed by atoms with Crippen molar-refractivity contribution in [2.45, 2.75) is 44.4 Å². The number of aromatic nitrogens is 2. The van der Waals surface area contributed by atoms with Crippen LogP contribution in [0.2, 0.25) is 0 Å². The summed E-state index contributed by atoms with van der Waals surface area (Å²) in [6, 6.07) is 9.31. The van der Waals surface area contributed by atoms with E-state index in [0.717, 1.165) is 18.4 Å². The number of nitrogens with zero attached hydrogens (tertiary/aromatic N) is 3. The van der Waals surface area contributed by atoms with Crippen molar-refractivity contribution in [3.8, 4) is 17.2 Å². The zero-order valence-corrected chi connectivity index (χ0v) is 16.7. The Bertz CT molecular complexity index is 1180. The largest absolute Gasteiger partial charge is 0.361 e. The Morgan fingerprint density at radius 1 is 1.25 bits per heavy atom. The van der Waals surface area contributed by atoms with Gasteiger partial charge in [-0.15, -0.1) is 0 Å². The SMILES string of the molecule is Cc1noc(C)c1-c1cc(S(=O)(=O)CC2(C#N)CCCC2)c2cccnc2c1. The number of sulfone groups is 1. The van der Waals surface area contributed by atoms with E-state index in [0.29, 0.717) is 40.8 Å². The molecule has 1 aliphatic rings. The maximum Gasteiger partial charge on any atom is 0.180 e. The van der Waals surface area contributed by atoms with Gasteiger partial charge in [0, 0.05) is 17.1 Å². The maximum absolute atomic E-state index is 13.4. The zero-order chi connectivity index (χ0) is 19.9. The fraction of sp³-hybridized carbons (Fsp3) is 0.381. The van der Waals surface area contributed by atoms with Crippen LogP contribution in [0.5, 0.6) is 0 Å². The lowest BCUT2D eigenvalue weighted by atomic mass is 9.91. The molecule has 0 radical (unpaired) electrons. The highest BCUT2D eigenvalue weighted by Gasteiger charge is 2.39. The molecule has 0 aliphatic heterocycles. The molecule has 1 fully saturated rings. The lowest BCUT2D eigenvalue weighted by Crippen LogP contribution is -2.26. The molecule has 0 atom stereocenters. The van der Waals surface area contributed by atoms with Gasteiger partial charge in [0.15, 0.2) is 9.84 Å². The van der Waals surface area contributed by atoms with Gasteiger partial charge in [-0.05, 0) is 56.5 Å². The molecule has 1 saturated carbocycles. The van der Waals surface area contributed by atoms with Crippen molar-refractivity contribution in [2.24, 2.45) is 5.41 Å². The number of fused-ring (bicyclic) bond motifs is 1. The molecule has 0 saturated heterocycles. The van der Waals surface area contributed by atoms with Crippen LogP contribution in [0.15, 0.2) is 39.9 Å². The summed E-state index contributed by atoms with van der Waals surface area (Å²) in [4.78, 5) is 4.59. The molecule has 3 aromatic rings. The van der Waals surface area contributed by atoms with Gasteiger partial charge in [0.05, 0.1) is 33.3 Å². The Hall–Kier alpha value is -2.72. The number of hydrogen-bond donors (Lipinski definition) is 0. The van der Waals surface area contributed by atoms with Crippen molar-refractivity contribution in [3.05, 3.63) is 41.9 Å².